The minimum atomic E-state index is -0.206. The van der Waals surface area contributed by atoms with E-state index in [9.17, 15) is 0 Å². The van der Waals surface area contributed by atoms with Crippen LogP contribution in [0.15, 0.2) is 60.7 Å². The Kier molecular flexibility index (Phi) is 5.67. The summed E-state index contributed by atoms with van der Waals surface area (Å²) in [7, 11) is 0. The van der Waals surface area contributed by atoms with Gasteiger partial charge in [-0.1, -0.05) is 83.3 Å². The third kappa shape index (κ3) is 4.06. The van der Waals surface area contributed by atoms with Crippen molar-refractivity contribution >= 4 is 22.6 Å². The molecule has 5 heteroatoms. The molecule has 0 spiro atoms. The number of rotatable bonds is 6. The highest BCUT2D eigenvalue weighted by molar-refractivity contribution is 14.1. The Balaban J connectivity index is 1.45. The summed E-state index contributed by atoms with van der Waals surface area (Å²) in [6, 6.07) is 20.4. The highest BCUT2D eigenvalue weighted by Crippen LogP contribution is 2.36. The molecule has 4 nitrogen and oxygen atoms in total. The van der Waals surface area contributed by atoms with E-state index in [1.54, 1.807) is 0 Å². The van der Waals surface area contributed by atoms with Crippen molar-refractivity contribution in [3.63, 3.8) is 0 Å². The smallest absolute Gasteiger partial charge is 0.172 e. The predicted molar refractivity (Wildman–Crippen MR) is 102 cm³/mol. The van der Waals surface area contributed by atoms with Crippen LogP contribution < -0.4 is 0 Å². The van der Waals surface area contributed by atoms with Crippen LogP contribution in [0.2, 0.25) is 0 Å². The van der Waals surface area contributed by atoms with E-state index in [-0.39, 0.29) is 28.5 Å². The third-order valence-electron chi connectivity index (χ3n) is 4.57. The maximum Gasteiger partial charge on any atom is 0.172 e. The van der Waals surface area contributed by atoms with E-state index in [1.165, 1.54) is 0 Å². The molecule has 2 aromatic rings. The molecule has 2 heterocycles. The van der Waals surface area contributed by atoms with Crippen molar-refractivity contribution in [1.82, 2.24) is 0 Å². The summed E-state index contributed by atoms with van der Waals surface area (Å²) >= 11 is 2.36. The van der Waals surface area contributed by atoms with Gasteiger partial charge in [-0.15, -0.1) is 0 Å². The Labute approximate surface area is 161 Å². The molecule has 0 aromatic heterocycles. The van der Waals surface area contributed by atoms with Crippen LogP contribution in [0.4, 0.5) is 0 Å². The molecule has 0 unspecified atom stereocenters. The molecular weight excluding hydrogens is 431 g/mol. The van der Waals surface area contributed by atoms with Crippen molar-refractivity contribution in [2.45, 2.75) is 41.7 Å². The van der Waals surface area contributed by atoms with Crippen molar-refractivity contribution in [3.8, 4) is 0 Å². The van der Waals surface area contributed by atoms with E-state index in [1.807, 2.05) is 36.4 Å². The molecule has 4 rings (SSSR count). The van der Waals surface area contributed by atoms with Gasteiger partial charge in [0.25, 0.3) is 0 Å². The summed E-state index contributed by atoms with van der Waals surface area (Å²) in [5.41, 5.74) is 2.31. The van der Waals surface area contributed by atoms with Crippen LogP contribution in [0.25, 0.3) is 0 Å². The monoisotopic (exact) mass is 452 g/mol. The van der Waals surface area contributed by atoms with E-state index in [2.05, 4.69) is 46.9 Å². The largest absolute Gasteiger partial charge is 0.369 e. The highest BCUT2D eigenvalue weighted by Gasteiger charge is 2.51. The van der Waals surface area contributed by atoms with Crippen LogP contribution in [0.5, 0.6) is 0 Å². The van der Waals surface area contributed by atoms with Crippen molar-refractivity contribution in [2.75, 3.05) is 6.61 Å². The number of ether oxygens (including phenoxy) is 4. The van der Waals surface area contributed by atoms with Crippen LogP contribution in [-0.4, -0.2) is 35.1 Å². The Bertz CT molecular complexity index is 622. The second kappa shape index (κ2) is 8.14. The summed E-state index contributed by atoms with van der Waals surface area (Å²) in [6.07, 6.45) is -0.469. The maximum absolute atomic E-state index is 6.27. The van der Waals surface area contributed by atoms with Gasteiger partial charge in [0.2, 0.25) is 0 Å². The molecule has 0 amide bonds. The Morgan fingerprint density at radius 1 is 0.840 bits per heavy atom. The van der Waals surface area contributed by atoms with Gasteiger partial charge in [0.15, 0.2) is 6.29 Å². The first-order chi connectivity index (χ1) is 12.3. The van der Waals surface area contributed by atoms with Crippen LogP contribution in [0, 0.1) is 0 Å². The molecule has 25 heavy (non-hydrogen) atoms. The minimum absolute atomic E-state index is 0.0595. The second-order valence-corrected chi connectivity index (χ2v) is 7.78. The molecule has 2 fully saturated rings. The second-order valence-electron chi connectivity index (χ2n) is 6.34. The van der Waals surface area contributed by atoms with Gasteiger partial charge in [0.05, 0.1) is 23.7 Å². The summed E-state index contributed by atoms with van der Waals surface area (Å²) in [4.78, 5) is 0. The normalized spacial score (nSPS) is 31.2. The molecular formula is C20H21IO4. The van der Waals surface area contributed by atoms with Crippen molar-refractivity contribution in [1.29, 1.82) is 0 Å². The maximum atomic E-state index is 6.27. The molecule has 2 aromatic carbocycles. The standard InChI is InChI=1S/C20H21IO4/c21-17-19(23-12-15-9-5-2-6-10-15)18(16-13-24-20(17)25-16)22-11-14-7-3-1-4-8-14/h1-10,16-20H,11-13H2/t16-,17+,18+,19+,20-/m1/s1. The van der Waals surface area contributed by atoms with Crippen molar-refractivity contribution in [2.24, 2.45) is 0 Å². The SMILES string of the molecule is I[C@@H]1[C@@H]2OC[C@@H](O2)[C@H](OCc2ccccc2)[C@H]1OCc1ccccc1. The fraction of sp³-hybridized carbons (Fsp3) is 0.400. The lowest BCUT2D eigenvalue weighted by molar-refractivity contribution is -0.194. The average Bonchev–Trinajstić information content (AvgIpc) is 3.11. The van der Waals surface area contributed by atoms with Crippen LogP contribution in [0.3, 0.4) is 0 Å². The van der Waals surface area contributed by atoms with Gasteiger partial charge in [-0.2, -0.15) is 0 Å². The van der Waals surface area contributed by atoms with Crippen LogP contribution in [-0.2, 0) is 32.2 Å². The lowest BCUT2D eigenvalue weighted by atomic mass is 10.0. The van der Waals surface area contributed by atoms with Gasteiger partial charge in [-0.05, 0) is 11.1 Å². The van der Waals surface area contributed by atoms with E-state index >= 15 is 0 Å². The first-order valence-corrected chi connectivity index (χ1v) is 9.78. The zero-order valence-electron chi connectivity index (χ0n) is 13.8. The first-order valence-electron chi connectivity index (χ1n) is 8.53. The Morgan fingerprint density at radius 3 is 2.00 bits per heavy atom. The Morgan fingerprint density at radius 2 is 1.40 bits per heavy atom. The number of hydrogen-bond acceptors (Lipinski definition) is 4. The summed E-state index contributed by atoms with van der Waals surface area (Å²) in [5, 5.41) is 0. The summed E-state index contributed by atoms with van der Waals surface area (Å²) in [5.74, 6) is 0. The lowest BCUT2D eigenvalue weighted by Crippen LogP contribution is -2.53. The zero-order valence-corrected chi connectivity index (χ0v) is 16.0. The van der Waals surface area contributed by atoms with Crippen molar-refractivity contribution in [3.05, 3.63) is 71.8 Å². The molecule has 2 aliphatic heterocycles. The molecule has 2 saturated heterocycles. The molecule has 0 N–H and O–H groups in total. The van der Waals surface area contributed by atoms with Gasteiger partial charge < -0.3 is 18.9 Å². The van der Waals surface area contributed by atoms with E-state index in [0.717, 1.165) is 11.1 Å². The fourth-order valence-corrected chi connectivity index (χ4v) is 4.24. The van der Waals surface area contributed by atoms with Crippen molar-refractivity contribution < 1.29 is 18.9 Å². The number of alkyl halides is 1. The van der Waals surface area contributed by atoms with Gasteiger partial charge >= 0.3 is 0 Å². The van der Waals surface area contributed by atoms with E-state index in [0.29, 0.717) is 19.8 Å². The molecule has 5 atom stereocenters. The topological polar surface area (TPSA) is 36.9 Å². The molecule has 0 radical (unpaired) electrons. The van der Waals surface area contributed by atoms with Gasteiger partial charge in [0, 0.05) is 0 Å². The molecule has 132 valence electrons. The minimum Gasteiger partial charge on any atom is -0.369 e. The van der Waals surface area contributed by atoms with Gasteiger partial charge in [0.1, 0.15) is 18.3 Å². The van der Waals surface area contributed by atoms with Gasteiger partial charge in [-0.3, -0.25) is 0 Å². The molecule has 0 saturated carbocycles. The highest BCUT2D eigenvalue weighted by atomic mass is 127. The number of halogens is 1. The first kappa shape index (κ1) is 17.4. The van der Waals surface area contributed by atoms with Crippen LogP contribution >= 0.6 is 22.6 Å². The van der Waals surface area contributed by atoms with E-state index in [4.69, 9.17) is 18.9 Å². The average molecular weight is 452 g/mol. The number of benzene rings is 2. The quantitative estimate of drug-likeness (QED) is 0.495. The molecule has 2 bridgehead atoms. The van der Waals surface area contributed by atoms with E-state index < -0.39 is 0 Å². The molecule has 0 aliphatic carbocycles. The third-order valence-corrected chi connectivity index (χ3v) is 5.86. The zero-order chi connectivity index (χ0) is 17.1. The summed E-state index contributed by atoms with van der Waals surface area (Å²) in [6.45, 7) is 1.68. The van der Waals surface area contributed by atoms with Gasteiger partial charge in [-0.25, -0.2) is 0 Å². The predicted octanol–water partition coefficient (Wildman–Crippen LogP) is 3.72. The van der Waals surface area contributed by atoms with Crippen LogP contribution in [0.1, 0.15) is 11.1 Å². The Hall–Kier alpha value is -0.990. The number of hydrogen-bond donors (Lipinski definition) is 0. The lowest BCUT2D eigenvalue weighted by Gasteiger charge is -2.38. The summed E-state index contributed by atoms with van der Waals surface area (Å²) < 4.78 is 24.3. The fourth-order valence-electron chi connectivity index (χ4n) is 3.25. The molecule has 2 aliphatic rings. The number of fused-ring (bicyclic) bond motifs is 2.